The van der Waals surface area contributed by atoms with Gasteiger partial charge in [0, 0.05) is 16.8 Å². The van der Waals surface area contributed by atoms with Crippen molar-refractivity contribution in [3.63, 3.8) is 0 Å². The Morgan fingerprint density at radius 2 is 2.00 bits per heavy atom. The third kappa shape index (κ3) is 2.59. The van der Waals surface area contributed by atoms with Crippen molar-refractivity contribution < 1.29 is 9.53 Å². The van der Waals surface area contributed by atoms with E-state index in [9.17, 15) is 4.79 Å². The fourth-order valence-electron chi connectivity index (χ4n) is 2.31. The van der Waals surface area contributed by atoms with E-state index in [-0.39, 0.29) is 5.91 Å². The Morgan fingerprint density at radius 1 is 1.39 bits per heavy atom. The molecule has 1 amide bonds. The SMILES string of the molecule is Cc1cc(Br)cc(C)c1NC(=O)C1(C)CCCO1. The Kier molecular flexibility index (Phi) is 3.78. The van der Waals surface area contributed by atoms with Gasteiger partial charge in [-0.3, -0.25) is 4.79 Å². The minimum Gasteiger partial charge on any atom is -0.365 e. The van der Waals surface area contributed by atoms with Crippen LogP contribution in [0.1, 0.15) is 30.9 Å². The van der Waals surface area contributed by atoms with E-state index in [4.69, 9.17) is 4.74 Å². The summed E-state index contributed by atoms with van der Waals surface area (Å²) >= 11 is 3.45. The largest absolute Gasteiger partial charge is 0.365 e. The molecule has 0 aromatic heterocycles. The van der Waals surface area contributed by atoms with Crippen LogP contribution in [0.2, 0.25) is 0 Å². The number of hydrogen-bond acceptors (Lipinski definition) is 2. The van der Waals surface area contributed by atoms with Crippen molar-refractivity contribution in [2.24, 2.45) is 0 Å². The Bertz CT molecular complexity index is 456. The molecule has 0 bridgehead atoms. The number of benzene rings is 1. The molecule has 0 radical (unpaired) electrons. The lowest BCUT2D eigenvalue weighted by atomic mass is 10.0. The van der Waals surface area contributed by atoms with Crippen LogP contribution in [0.15, 0.2) is 16.6 Å². The van der Waals surface area contributed by atoms with E-state index in [2.05, 4.69) is 21.2 Å². The summed E-state index contributed by atoms with van der Waals surface area (Å²) in [7, 11) is 0. The summed E-state index contributed by atoms with van der Waals surface area (Å²) in [5.74, 6) is -0.0477. The average molecular weight is 312 g/mol. The number of nitrogens with one attached hydrogen (secondary N) is 1. The summed E-state index contributed by atoms with van der Waals surface area (Å²) in [4.78, 5) is 12.3. The normalized spacial score (nSPS) is 23.1. The van der Waals surface area contributed by atoms with Gasteiger partial charge in [-0.05, 0) is 56.9 Å². The number of ether oxygens (including phenoxy) is 1. The highest BCUT2D eigenvalue weighted by Gasteiger charge is 2.37. The lowest BCUT2D eigenvalue weighted by molar-refractivity contribution is -0.133. The van der Waals surface area contributed by atoms with E-state index in [0.29, 0.717) is 6.61 Å². The van der Waals surface area contributed by atoms with Gasteiger partial charge in [0.1, 0.15) is 5.60 Å². The summed E-state index contributed by atoms with van der Waals surface area (Å²) in [5.41, 5.74) is 2.32. The molecule has 0 spiro atoms. The first kappa shape index (κ1) is 13.6. The van der Waals surface area contributed by atoms with Gasteiger partial charge in [-0.2, -0.15) is 0 Å². The van der Waals surface area contributed by atoms with E-state index in [0.717, 1.165) is 34.1 Å². The van der Waals surface area contributed by atoms with Crippen molar-refractivity contribution in [2.45, 2.75) is 39.2 Å². The zero-order chi connectivity index (χ0) is 13.3. The van der Waals surface area contributed by atoms with Gasteiger partial charge in [0.25, 0.3) is 5.91 Å². The number of amides is 1. The monoisotopic (exact) mass is 311 g/mol. The Labute approximate surface area is 116 Å². The van der Waals surface area contributed by atoms with Crippen LogP contribution in [0, 0.1) is 13.8 Å². The number of rotatable bonds is 2. The van der Waals surface area contributed by atoms with E-state index in [1.54, 1.807) is 0 Å². The molecule has 1 unspecified atom stereocenters. The second-order valence-corrected chi connectivity index (χ2v) is 5.97. The van der Waals surface area contributed by atoms with E-state index < -0.39 is 5.60 Å². The van der Waals surface area contributed by atoms with Gasteiger partial charge in [-0.1, -0.05) is 15.9 Å². The molecule has 0 aliphatic carbocycles. The zero-order valence-corrected chi connectivity index (χ0v) is 12.6. The molecule has 2 rings (SSSR count). The van der Waals surface area contributed by atoms with Crippen LogP contribution in [0.25, 0.3) is 0 Å². The highest BCUT2D eigenvalue weighted by Crippen LogP contribution is 2.29. The van der Waals surface area contributed by atoms with Crippen molar-refractivity contribution in [2.75, 3.05) is 11.9 Å². The molecular formula is C14H18BrNO2. The summed E-state index contributed by atoms with van der Waals surface area (Å²) in [6, 6.07) is 4.00. The Morgan fingerprint density at radius 3 is 2.50 bits per heavy atom. The number of anilines is 1. The van der Waals surface area contributed by atoms with Crippen molar-refractivity contribution in [3.8, 4) is 0 Å². The summed E-state index contributed by atoms with van der Waals surface area (Å²) in [6.07, 6.45) is 1.73. The quantitative estimate of drug-likeness (QED) is 0.906. The number of aryl methyl sites for hydroxylation is 2. The van der Waals surface area contributed by atoms with Gasteiger partial charge in [-0.15, -0.1) is 0 Å². The van der Waals surface area contributed by atoms with E-state index in [1.165, 1.54) is 0 Å². The second-order valence-electron chi connectivity index (χ2n) is 5.05. The highest BCUT2D eigenvalue weighted by molar-refractivity contribution is 9.10. The Hall–Kier alpha value is -0.870. The lowest BCUT2D eigenvalue weighted by Crippen LogP contribution is -2.39. The Balaban J connectivity index is 2.22. The second kappa shape index (κ2) is 5.02. The van der Waals surface area contributed by atoms with Gasteiger partial charge in [0.05, 0.1) is 0 Å². The first-order valence-electron chi connectivity index (χ1n) is 6.14. The van der Waals surface area contributed by atoms with Crippen molar-refractivity contribution in [3.05, 3.63) is 27.7 Å². The molecule has 98 valence electrons. The molecule has 1 aliphatic rings. The fourth-order valence-corrected chi connectivity index (χ4v) is 3.00. The minimum atomic E-state index is -0.675. The zero-order valence-electron chi connectivity index (χ0n) is 11.0. The first-order valence-corrected chi connectivity index (χ1v) is 6.94. The van der Waals surface area contributed by atoms with Crippen molar-refractivity contribution in [1.82, 2.24) is 0 Å². The van der Waals surface area contributed by atoms with Gasteiger partial charge in [0.2, 0.25) is 0 Å². The van der Waals surface area contributed by atoms with Crippen molar-refractivity contribution >= 4 is 27.5 Å². The maximum atomic E-state index is 12.3. The van der Waals surface area contributed by atoms with Gasteiger partial charge in [0.15, 0.2) is 0 Å². The summed E-state index contributed by atoms with van der Waals surface area (Å²) in [5, 5.41) is 3.00. The van der Waals surface area contributed by atoms with Crippen LogP contribution in [0.5, 0.6) is 0 Å². The molecule has 1 aromatic rings. The van der Waals surface area contributed by atoms with Crippen LogP contribution >= 0.6 is 15.9 Å². The summed E-state index contributed by atoms with van der Waals surface area (Å²) in [6.45, 7) is 6.51. The highest BCUT2D eigenvalue weighted by atomic mass is 79.9. The molecule has 1 heterocycles. The number of carbonyl (C=O) groups excluding carboxylic acids is 1. The first-order chi connectivity index (χ1) is 8.42. The van der Waals surface area contributed by atoms with E-state index >= 15 is 0 Å². The fraction of sp³-hybridized carbons (Fsp3) is 0.500. The molecule has 18 heavy (non-hydrogen) atoms. The third-order valence-electron chi connectivity index (χ3n) is 3.44. The standard InChI is InChI=1S/C14H18BrNO2/c1-9-7-11(15)8-10(2)12(9)16-13(17)14(3)5-4-6-18-14/h7-8H,4-6H2,1-3H3,(H,16,17). The van der Waals surface area contributed by atoms with Crippen LogP contribution < -0.4 is 5.32 Å². The van der Waals surface area contributed by atoms with Gasteiger partial charge >= 0.3 is 0 Å². The number of halogens is 1. The third-order valence-corrected chi connectivity index (χ3v) is 3.89. The molecule has 1 saturated heterocycles. The van der Waals surface area contributed by atoms with Crippen LogP contribution in [0.3, 0.4) is 0 Å². The maximum absolute atomic E-state index is 12.3. The van der Waals surface area contributed by atoms with Crippen LogP contribution in [-0.4, -0.2) is 18.1 Å². The number of hydrogen-bond donors (Lipinski definition) is 1. The van der Waals surface area contributed by atoms with Crippen molar-refractivity contribution in [1.29, 1.82) is 0 Å². The predicted octanol–water partition coefficient (Wildman–Crippen LogP) is 3.57. The molecular weight excluding hydrogens is 294 g/mol. The van der Waals surface area contributed by atoms with Gasteiger partial charge in [-0.25, -0.2) is 0 Å². The van der Waals surface area contributed by atoms with Crippen LogP contribution in [-0.2, 0) is 9.53 Å². The molecule has 4 heteroatoms. The molecule has 1 aromatic carbocycles. The topological polar surface area (TPSA) is 38.3 Å². The predicted molar refractivity (Wildman–Crippen MR) is 75.8 cm³/mol. The molecule has 0 saturated carbocycles. The summed E-state index contributed by atoms with van der Waals surface area (Å²) < 4.78 is 6.58. The lowest BCUT2D eigenvalue weighted by Gasteiger charge is -2.23. The van der Waals surface area contributed by atoms with E-state index in [1.807, 2.05) is 32.9 Å². The molecule has 3 nitrogen and oxygen atoms in total. The van der Waals surface area contributed by atoms with Gasteiger partial charge < -0.3 is 10.1 Å². The maximum Gasteiger partial charge on any atom is 0.256 e. The molecule has 1 aliphatic heterocycles. The average Bonchev–Trinajstić information content (AvgIpc) is 2.71. The number of carbonyl (C=O) groups is 1. The minimum absolute atomic E-state index is 0.0477. The molecule has 1 atom stereocenters. The molecule has 1 N–H and O–H groups in total. The smallest absolute Gasteiger partial charge is 0.256 e. The molecule has 1 fully saturated rings. The van der Waals surface area contributed by atoms with Crippen LogP contribution in [0.4, 0.5) is 5.69 Å².